The van der Waals surface area contributed by atoms with E-state index in [2.05, 4.69) is 0 Å². The zero-order valence-corrected chi connectivity index (χ0v) is 18.3. The molecule has 0 amide bonds. The van der Waals surface area contributed by atoms with Crippen LogP contribution >= 0.6 is 7.82 Å². The Morgan fingerprint density at radius 3 is 1.64 bits per heavy atom. The van der Waals surface area contributed by atoms with Gasteiger partial charge in [0.15, 0.2) is 5.78 Å². The van der Waals surface area contributed by atoms with Crippen molar-refractivity contribution in [2.45, 2.75) is 6.10 Å². The van der Waals surface area contributed by atoms with Crippen molar-refractivity contribution in [2.24, 2.45) is 0 Å². The second kappa shape index (κ2) is 9.84. The van der Waals surface area contributed by atoms with Crippen molar-refractivity contribution in [2.75, 3.05) is 0 Å². The second-order valence-corrected chi connectivity index (χ2v) is 8.49. The third kappa shape index (κ3) is 5.76. The van der Waals surface area contributed by atoms with E-state index < -0.39 is 13.9 Å². The molecular formula is C26H20O6P-. The van der Waals surface area contributed by atoms with Crippen LogP contribution in [0.4, 0.5) is 0 Å². The number of carbonyl (C=O) groups is 1. The van der Waals surface area contributed by atoms with Crippen LogP contribution in [0.3, 0.4) is 0 Å². The first-order chi connectivity index (χ1) is 15.9. The molecule has 0 heterocycles. The third-order valence-electron chi connectivity index (χ3n) is 4.90. The van der Waals surface area contributed by atoms with Gasteiger partial charge in [-0.3, -0.25) is 4.79 Å². The maximum absolute atomic E-state index is 12.5. The highest BCUT2D eigenvalue weighted by Crippen LogP contribution is 2.41. The van der Waals surface area contributed by atoms with E-state index in [-0.39, 0.29) is 17.3 Å². The van der Waals surface area contributed by atoms with E-state index in [4.69, 9.17) is 9.05 Å². The van der Waals surface area contributed by atoms with Crippen LogP contribution in [-0.2, 0) is 4.57 Å². The van der Waals surface area contributed by atoms with Crippen LogP contribution < -0.4 is 13.9 Å². The van der Waals surface area contributed by atoms with Gasteiger partial charge in [0.05, 0.1) is 0 Å². The fourth-order valence-corrected chi connectivity index (χ4v) is 4.04. The predicted octanol–water partition coefficient (Wildman–Crippen LogP) is 4.93. The Morgan fingerprint density at radius 1 is 0.667 bits per heavy atom. The van der Waals surface area contributed by atoms with Crippen molar-refractivity contribution in [1.82, 2.24) is 0 Å². The van der Waals surface area contributed by atoms with Crippen LogP contribution in [0.5, 0.6) is 11.5 Å². The van der Waals surface area contributed by atoms with Gasteiger partial charge in [0.1, 0.15) is 17.6 Å². The summed E-state index contributed by atoms with van der Waals surface area (Å²) < 4.78 is 22.3. The molecule has 4 aromatic carbocycles. The molecule has 0 aliphatic rings. The number of rotatable bonds is 8. The van der Waals surface area contributed by atoms with Gasteiger partial charge in [0.2, 0.25) is 0 Å². The molecule has 0 spiro atoms. The fraction of sp³-hybridized carbons (Fsp3) is 0.0385. The van der Waals surface area contributed by atoms with Crippen LogP contribution in [0.2, 0.25) is 0 Å². The van der Waals surface area contributed by atoms with Crippen LogP contribution in [0.15, 0.2) is 109 Å². The molecule has 0 bridgehead atoms. The average molecular weight is 459 g/mol. The largest absolute Gasteiger partial charge is 0.736 e. The second-order valence-electron chi connectivity index (χ2n) is 7.23. The number of carbonyl (C=O) groups excluding carboxylic acids is 1. The quantitative estimate of drug-likeness (QED) is 0.297. The third-order valence-corrected chi connectivity index (χ3v) is 5.77. The molecule has 0 aliphatic heterocycles. The molecule has 4 aromatic rings. The minimum absolute atomic E-state index is 0.0223. The minimum atomic E-state index is -4.73. The number of phosphoric acid groups is 1. The maximum Gasteiger partial charge on any atom is 0.372 e. The molecule has 33 heavy (non-hydrogen) atoms. The molecule has 1 N–H and O–H groups in total. The Kier molecular flexibility index (Phi) is 6.71. The Balaban J connectivity index is 1.40. The molecule has 4 rings (SSSR count). The monoisotopic (exact) mass is 459 g/mol. The molecular weight excluding hydrogens is 439 g/mol. The lowest BCUT2D eigenvalue weighted by Gasteiger charge is -2.24. The predicted molar refractivity (Wildman–Crippen MR) is 122 cm³/mol. The van der Waals surface area contributed by atoms with E-state index in [0.717, 1.165) is 5.56 Å². The molecule has 166 valence electrons. The van der Waals surface area contributed by atoms with Crippen molar-refractivity contribution >= 4 is 13.6 Å². The van der Waals surface area contributed by atoms with Gasteiger partial charge >= 0.3 is 7.82 Å². The molecule has 0 saturated carbocycles. The van der Waals surface area contributed by atoms with Crippen molar-refractivity contribution in [1.29, 1.82) is 0 Å². The average Bonchev–Trinajstić information content (AvgIpc) is 2.85. The lowest BCUT2D eigenvalue weighted by atomic mass is 10.0. The highest BCUT2D eigenvalue weighted by molar-refractivity contribution is 7.46. The van der Waals surface area contributed by atoms with Gasteiger partial charge in [-0.05, 0) is 47.5 Å². The topological polar surface area (TPSA) is 95.9 Å². The summed E-state index contributed by atoms with van der Waals surface area (Å²) in [4.78, 5) is 24.8. The molecule has 2 atom stereocenters. The molecule has 7 heteroatoms. The summed E-state index contributed by atoms with van der Waals surface area (Å²) in [6, 6.07) is 29.7. The molecule has 0 aliphatic carbocycles. The van der Waals surface area contributed by atoms with E-state index in [9.17, 15) is 19.4 Å². The number of benzene rings is 4. The number of ketones is 1. The Hall–Kier alpha value is -3.70. The van der Waals surface area contributed by atoms with Crippen LogP contribution in [-0.4, -0.2) is 10.9 Å². The van der Waals surface area contributed by atoms with Crippen molar-refractivity contribution < 1.29 is 28.4 Å². The highest BCUT2D eigenvalue weighted by atomic mass is 31.2. The van der Waals surface area contributed by atoms with Gasteiger partial charge in [0, 0.05) is 11.1 Å². The lowest BCUT2D eigenvalue weighted by molar-refractivity contribution is -0.208. The van der Waals surface area contributed by atoms with E-state index in [1.807, 2.05) is 24.3 Å². The zero-order chi connectivity index (χ0) is 23.3. The number of aliphatic hydroxyl groups is 1. The number of hydrogen-bond acceptors (Lipinski definition) is 6. The van der Waals surface area contributed by atoms with Gasteiger partial charge in [-0.25, -0.2) is 4.57 Å². The van der Waals surface area contributed by atoms with E-state index in [1.165, 1.54) is 36.4 Å². The fourth-order valence-electron chi connectivity index (χ4n) is 3.24. The molecule has 0 fully saturated rings. The summed E-state index contributed by atoms with van der Waals surface area (Å²) in [7, 11) is -4.73. The van der Waals surface area contributed by atoms with Crippen molar-refractivity contribution in [3.8, 4) is 11.5 Å². The van der Waals surface area contributed by atoms with E-state index in [0.29, 0.717) is 16.7 Å². The summed E-state index contributed by atoms with van der Waals surface area (Å²) in [6.45, 7) is 0. The van der Waals surface area contributed by atoms with Gasteiger partial charge in [-0.15, -0.1) is 0 Å². The Morgan fingerprint density at radius 2 is 1.09 bits per heavy atom. The Bertz CT molecular complexity index is 1260. The summed E-state index contributed by atoms with van der Waals surface area (Å²) >= 11 is 0. The van der Waals surface area contributed by atoms with Crippen molar-refractivity contribution in [3.05, 3.63) is 131 Å². The van der Waals surface area contributed by atoms with Crippen molar-refractivity contribution in [3.63, 3.8) is 0 Å². The van der Waals surface area contributed by atoms with Gasteiger partial charge in [0.25, 0.3) is 0 Å². The summed E-state index contributed by atoms with van der Waals surface area (Å²) in [5.74, 6) is -0.108. The highest BCUT2D eigenvalue weighted by Gasteiger charge is 2.16. The molecule has 0 radical (unpaired) electrons. The molecule has 0 saturated heterocycles. The molecule has 0 aromatic heterocycles. The van der Waals surface area contributed by atoms with E-state index in [1.54, 1.807) is 48.5 Å². The SMILES string of the molecule is O=C(c1ccccc1)c1ccc(OP(=O)([O-])Oc2ccc(C(O)c3ccccc3)cc2)cc1. The van der Waals surface area contributed by atoms with Crippen LogP contribution in [0.25, 0.3) is 0 Å². The zero-order valence-electron chi connectivity index (χ0n) is 17.4. The minimum Gasteiger partial charge on any atom is -0.736 e. The van der Waals surface area contributed by atoms with Gasteiger partial charge in [-0.2, -0.15) is 0 Å². The van der Waals surface area contributed by atoms with Gasteiger partial charge in [-0.1, -0.05) is 72.8 Å². The first-order valence-electron chi connectivity index (χ1n) is 10.1. The number of phosphoric ester groups is 1. The summed E-state index contributed by atoms with van der Waals surface area (Å²) in [5.41, 5.74) is 2.25. The normalized spacial score (nSPS) is 13.5. The van der Waals surface area contributed by atoms with Crippen LogP contribution in [0.1, 0.15) is 33.2 Å². The Labute approximate surface area is 191 Å². The first kappa shape index (κ1) is 22.5. The number of aliphatic hydroxyl groups excluding tert-OH is 1. The maximum atomic E-state index is 12.5. The molecule has 6 nitrogen and oxygen atoms in total. The first-order valence-corrected chi connectivity index (χ1v) is 11.6. The summed E-state index contributed by atoms with van der Waals surface area (Å²) in [5, 5.41) is 10.4. The molecule has 2 unspecified atom stereocenters. The van der Waals surface area contributed by atoms with Crippen LogP contribution in [0, 0.1) is 0 Å². The lowest BCUT2D eigenvalue weighted by Crippen LogP contribution is -2.13. The standard InChI is InChI=1S/C26H21O6P/c27-25(19-7-3-1-4-8-19)21-11-15-23(16-12-21)31-33(29,30)32-24-17-13-22(14-18-24)26(28)20-9-5-2-6-10-20/h1-18,25,27H,(H,29,30)/p-1. The summed E-state index contributed by atoms with van der Waals surface area (Å²) in [6.07, 6.45) is -0.840. The van der Waals surface area contributed by atoms with Gasteiger partial charge < -0.3 is 19.0 Å². The van der Waals surface area contributed by atoms with E-state index >= 15 is 0 Å². The smallest absolute Gasteiger partial charge is 0.372 e. The number of hydrogen-bond donors (Lipinski definition) is 1.